The summed E-state index contributed by atoms with van der Waals surface area (Å²) in [5.74, 6) is 0. The van der Waals surface area contributed by atoms with Crippen molar-refractivity contribution in [2.24, 2.45) is 0 Å². The van der Waals surface area contributed by atoms with Crippen molar-refractivity contribution in [2.45, 2.75) is 38.9 Å². The van der Waals surface area contributed by atoms with E-state index in [0.29, 0.717) is 13.2 Å². The van der Waals surface area contributed by atoms with Crippen LogP contribution in [0.2, 0.25) is 0 Å². The predicted octanol–water partition coefficient (Wildman–Crippen LogP) is 2.75. The first-order valence-electron chi connectivity index (χ1n) is 5.62. The molecule has 1 aromatic carbocycles. The Morgan fingerprint density at radius 3 is 2.60 bits per heavy atom. The summed E-state index contributed by atoms with van der Waals surface area (Å²) < 4.78 is 5.48. The van der Waals surface area contributed by atoms with E-state index in [2.05, 4.69) is 6.92 Å². The second-order valence-electron chi connectivity index (χ2n) is 3.77. The molecule has 0 amide bonds. The molecular weight excluding hydrogens is 188 g/mol. The second-order valence-corrected chi connectivity index (χ2v) is 3.77. The average Bonchev–Trinajstić information content (AvgIpc) is 2.26. The van der Waals surface area contributed by atoms with Crippen molar-refractivity contribution in [3.8, 4) is 0 Å². The highest BCUT2D eigenvalue weighted by atomic mass is 16.5. The molecule has 1 N–H and O–H groups in total. The summed E-state index contributed by atoms with van der Waals surface area (Å²) in [4.78, 5) is 0. The van der Waals surface area contributed by atoms with Crippen LogP contribution in [0, 0.1) is 0 Å². The van der Waals surface area contributed by atoms with Gasteiger partial charge in [-0.1, -0.05) is 43.7 Å². The van der Waals surface area contributed by atoms with Gasteiger partial charge in [-0.2, -0.15) is 0 Å². The van der Waals surface area contributed by atoms with Crippen LogP contribution < -0.4 is 0 Å². The number of ether oxygens (including phenoxy) is 1. The Kier molecular flexibility index (Phi) is 6.05. The molecule has 2 nitrogen and oxygen atoms in total. The minimum absolute atomic E-state index is 0.203. The molecule has 15 heavy (non-hydrogen) atoms. The summed E-state index contributed by atoms with van der Waals surface area (Å²) in [5.41, 5.74) is 1.18. The summed E-state index contributed by atoms with van der Waals surface area (Å²) in [6.45, 7) is 3.35. The van der Waals surface area contributed by atoms with Crippen molar-refractivity contribution in [3.63, 3.8) is 0 Å². The highest BCUT2D eigenvalue weighted by Gasteiger charge is 2.01. The molecule has 0 spiro atoms. The Bertz CT molecular complexity index is 246. The average molecular weight is 208 g/mol. The molecule has 0 heterocycles. The van der Waals surface area contributed by atoms with Crippen molar-refractivity contribution in [1.29, 1.82) is 0 Å². The summed E-state index contributed by atoms with van der Waals surface area (Å²) in [6.07, 6.45) is 2.43. The molecule has 0 saturated heterocycles. The van der Waals surface area contributed by atoms with Gasteiger partial charge < -0.3 is 9.84 Å². The van der Waals surface area contributed by atoms with Crippen LogP contribution in [0.15, 0.2) is 30.3 Å². The summed E-state index contributed by atoms with van der Waals surface area (Å²) in [7, 11) is 0. The fraction of sp³-hybridized carbons (Fsp3) is 0.538. The van der Waals surface area contributed by atoms with Gasteiger partial charge >= 0.3 is 0 Å². The van der Waals surface area contributed by atoms with Crippen molar-refractivity contribution < 1.29 is 9.84 Å². The van der Waals surface area contributed by atoms with Gasteiger partial charge in [0.15, 0.2) is 0 Å². The lowest BCUT2D eigenvalue weighted by molar-refractivity contribution is 0.0698. The van der Waals surface area contributed by atoms with Crippen LogP contribution in [0.25, 0.3) is 0 Å². The zero-order valence-electron chi connectivity index (χ0n) is 9.36. The van der Waals surface area contributed by atoms with E-state index in [9.17, 15) is 5.11 Å². The fourth-order valence-electron chi connectivity index (χ4n) is 1.46. The minimum Gasteiger partial charge on any atom is -0.393 e. The molecule has 0 bridgehead atoms. The summed E-state index contributed by atoms with van der Waals surface area (Å²) >= 11 is 0. The molecule has 1 aromatic rings. The van der Waals surface area contributed by atoms with Crippen molar-refractivity contribution >= 4 is 0 Å². The van der Waals surface area contributed by atoms with Crippen LogP contribution in [0.3, 0.4) is 0 Å². The zero-order chi connectivity index (χ0) is 10.9. The van der Waals surface area contributed by atoms with Crippen LogP contribution in [0.5, 0.6) is 0 Å². The van der Waals surface area contributed by atoms with Crippen molar-refractivity contribution in [2.75, 3.05) is 6.61 Å². The Morgan fingerprint density at radius 2 is 1.93 bits per heavy atom. The number of benzene rings is 1. The van der Waals surface area contributed by atoms with Gasteiger partial charge in [0.2, 0.25) is 0 Å². The Balaban J connectivity index is 2.07. The molecule has 0 radical (unpaired) electrons. The van der Waals surface area contributed by atoms with Gasteiger partial charge in [-0.05, 0) is 18.4 Å². The van der Waals surface area contributed by atoms with E-state index in [1.165, 1.54) is 5.56 Å². The predicted molar refractivity (Wildman–Crippen MR) is 61.6 cm³/mol. The smallest absolute Gasteiger partial charge is 0.0716 e. The maximum atomic E-state index is 9.47. The standard InChI is InChI=1S/C13H20O2/c1-2-6-13(14)9-10-15-11-12-7-4-3-5-8-12/h3-5,7-8,13-14H,2,6,9-11H2,1H3/t13-/m1/s1. The van der Waals surface area contributed by atoms with Gasteiger partial charge in [0.1, 0.15) is 0 Å². The number of hydrogen-bond donors (Lipinski definition) is 1. The first-order chi connectivity index (χ1) is 7.33. The van der Waals surface area contributed by atoms with Gasteiger partial charge in [0.05, 0.1) is 12.7 Å². The fourth-order valence-corrected chi connectivity index (χ4v) is 1.46. The highest BCUT2D eigenvalue weighted by Crippen LogP contribution is 2.04. The van der Waals surface area contributed by atoms with E-state index in [1.54, 1.807) is 0 Å². The van der Waals surface area contributed by atoms with Gasteiger partial charge in [0, 0.05) is 6.61 Å². The SMILES string of the molecule is CCC[C@@H](O)CCOCc1ccccc1. The molecule has 0 aliphatic heterocycles. The van der Waals surface area contributed by atoms with Gasteiger partial charge in [0.25, 0.3) is 0 Å². The van der Waals surface area contributed by atoms with Gasteiger partial charge in [-0.3, -0.25) is 0 Å². The van der Waals surface area contributed by atoms with E-state index in [4.69, 9.17) is 4.74 Å². The number of rotatable bonds is 7. The molecule has 0 aliphatic carbocycles. The topological polar surface area (TPSA) is 29.5 Å². The minimum atomic E-state index is -0.203. The Hall–Kier alpha value is -0.860. The van der Waals surface area contributed by atoms with Crippen LogP contribution in [-0.2, 0) is 11.3 Å². The highest BCUT2D eigenvalue weighted by molar-refractivity contribution is 5.13. The van der Waals surface area contributed by atoms with Crippen LogP contribution >= 0.6 is 0 Å². The maximum Gasteiger partial charge on any atom is 0.0716 e. The quantitative estimate of drug-likeness (QED) is 0.698. The molecule has 0 saturated carbocycles. The van der Waals surface area contributed by atoms with Gasteiger partial charge in [-0.25, -0.2) is 0 Å². The molecule has 0 unspecified atom stereocenters. The molecule has 1 rings (SSSR count). The third kappa shape index (κ3) is 5.55. The van der Waals surface area contributed by atoms with Gasteiger partial charge in [-0.15, -0.1) is 0 Å². The summed E-state index contributed by atoms with van der Waals surface area (Å²) in [6, 6.07) is 10.1. The Morgan fingerprint density at radius 1 is 1.20 bits per heavy atom. The third-order valence-corrected chi connectivity index (χ3v) is 2.33. The van der Waals surface area contributed by atoms with Crippen LogP contribution in [0.4, 0.5) is 0 Å². The van der Waals surface area contributed by atoms with Crippen LogP contribution in [-0.4, -0.2) is 17.8 Å². The molecule has 1 atom stereocenters. The van der Waals surface area contributed by atoms with E-state index < -0.39 is 0 Å². The molecule has 84 valence electrons. The monoisotopic (exact) mass is 208 g/mol. The zero-order valence-corrected chi connectivity index (χ0v) is 9.36. The van der Waals surface area contributed by atoms with Crippen molar-refractivity contribution in [1.82, 2.24) is 0 Å². The van der Waals surface area contributed by atoms with E-state index in [-0.39, 0.29) is 6.10 Å². The van der Waals surface area contributed by atoms with E-state index in [0.717, 1.165) is 19.3 Å². The largest absolute Gasteiger partial charge is 0.393 e. The van der Waals surface area contributed by atoms with Crippen LogP contribution in [0.1, 0.15) is 31.7 Å². The summed E-state index contributed by atoms with van der Waals surface area (Å²) in [5, 5.41) is 9.47. The van der Waals surface area contributed by atoms with E-state index >= 15 is 0 Å². The molecule has 0 aliphatic rings. The van der Waals surface area contributed by atoms with E-state index in [1.807, 2.05) is 30.3 Å². The molecule has 0 aromatic heterocycles. The number of aliphatic hydroxyl groups is 1. The lowest BCUT2D eigenvalue weighted by atomic mass is 10.1. The lowest BCUT2D eigenvalue weighted by Crippen LogP contribution is -2.09. The number of hydrogen-bond acceptors (Lipinski definition) is 2. The second kappa shape index (κ2) is 7.43. The maximum absolute atomic E-state index is 9.47. The van der Waals surface area contributed by atoms with Crippen molar-refractivity contribution in [3.05, 3.63) is 35.9 Å². The number of aliphatic hydroxyl groups excluding tert-OH is 1. The molecule has 2 heteroatoms. The first-order valence-corrected chi connectivity index (χ1v) is 5.62. The Labute approximate surface area is 91.9 Å². The molecule has 0 fully saturated rings. The third-order valence-electron chi connectivity index (χ3n) is 2.33. The normalized spacial score (nSPS) is 12.7. The molecular formula is C13H20O2. The lowest BCUT2D eigenvalue weighted by Gasteiger charge is -2.09. The first kappa shape index (κ1) is 12.2.